The molecule has 0 amide bonds. The molecule has 0 aliphatic heterocycles. The number of ether oxygens (including phenoxy) is 2. The van der Waals surface area contributed by atoms with Crippen molar-refractivity contribution in [2.45, 2.75) is 18.9 Å². The molecule has 0 radical (unpaired) electrons. The zero-order chi connectivity index (χ0) is 13.0. The van der Waals surface area contributed by atoms with Crippen LogP contribution in [-0.4, -0.2) is 25.8 Å². The molecule has 0 aliphatic carbocycles. The van der Waals surface area contributed by atoms with Gasteiger partial charge in [0.05, 0.1) is 19.8 Å². The van der Waals surface area contributed by atoms with Crippen molar-refractivity contribution < 1.29 is 23.4 Å². The van der Waals surface area contributed by atoms with Crippen molar-refractivity contribution in [1.29, 1.82) is 0 Å². The number of rotatable bonds is 5. The van der Waals surface area contributed by atoms with Crippen LogP contribution in [0.15, 0.2) is 12.1 Å². The van der Waals surface area contributed by atoms with Gasteiger partial charge in [-0.15, -0.1) is 12.4 Å². The van der Waals surface area contributed by atoms with E-state index in [0.717, 1.165) is 0 Å². The first-order valence-electron chi connectivity index (χ1n) is 4.98. The first-order valence-corrected chi connectivity index (χ1v) is 4.98. The minimum Gasteiger partial charge on any atom is -0.507 e. The number of hydrogen-bond acceptors (Lipinski definition) is 4. The molecule has 0 saturated carbocycles. The summed E-state index contributed by atoms with van der Waals surface area (Å²) in [5.41, 5.74) is 5.76. The van der Waals surface area contributed by atoms with E-state index in [0.29, 0.717) is 5.75 Å². The van der Waals surface area contributed by atoms with Gasteiger partial charge in [0.25, 0.3) is 0 Å². The van der Waals surface area contributed by atoms with Crippen molar-refractivity contribution in [2.75, 3.05) is 14.2 Å². The zero-order valence-electron chi connectivity index (χ0n) is 10.0. The van der Waals surface area contributed by atoms with Crippen LogP contribution in [-0.2, 0) is 0 Å². The Morgan fingerprint density at radius 2 is 1.89 bits per heavy atom. The number of methoxy groups -OCH3 is 2. The van der Waals surface area contributed by atoms with Gasteiger partial charge in [-0.3, -0.25) is 0 Å². The lowest BCUT2D eigenvalue weighted by molar-refractivity contribution is 0.127. The summed E-state index contributed by atoms with van der Waals surface area (Å²) < 4.78 is 34.4. The predicted molar refractivity (Wildman–Crippen MR) is 66.0 cm³/mol. The zero-order valence-corrected chi connectivity index (χ0v) is 10.8. The Balaban J connectivity index is 0.00000289. The molecule has 0 unspecified atom stereocenters. The third kappa shape index (κ3) is 3.89. The van der Waals surface area contributed by atoms with Gasteiger partial charge in [-0.1, -0.05) is 0 Å². The maximum absolute atomic E-state index is 12.3. The van der Waals surface area contributed by atoms with Crippen LogP contribution in [0, 0.1) is 0 Å². The van der Waals surface area contributed by atoms with Crippen molar-refractivity contribution in [2.24, 2.45) is 5.73 Å². The summed E-state index contributed by atoms with van der Waals surface area (Å²) in [5.74, 6) is 0.386. The monoisotopic (exact) mass is 283 g/mol. The fourth-order valence-corrected chi connectivity index (χ4v) is 1.56. The first kappa shape index (κ1) is 16.7. The highest BCUT2D eigenvalue weighted by Gasteiger charge is 2.21. The van der Waals surface area contributed by atoms with Gasteiger partial charge in [-0.05, 0) is 0 Å². The van der Waals surface area contributed by atoms with Gasteiger partial charge in [-0.25, -0.2) is 8.78 Å². The van der Waals surface area contributed by atoms with Crippen molar-refractivity contribution >= 4 is 12.4 Å². The van der Waals surface area contributed by atoms with Crippen LogP contribution in [0.3, 0.4) is 0 Å². The standard InChI is InChI=1S/C11H15F2NO3.ClH/c1-16-6-3-8(15)11(9(4-6)17-2)7(14)5-10(12)13;/h3-4,7,10,15H,5,14H2,1-2H3;1H/t7-;/m1./s1. The van der Waals surface area contributed by atoms with Gasteiger partial charge in [0.1, 0.15) is 17.2 Å². The highest BCUT2D eigenvalue weighted by atomic mass is 35.5. The Hall–Kier alpha value is -1.27. The molecule has 0 fully saturated rings. The van der Waals surface area contributed by atoms with E-state index in [-0.39, 0.29) is 29.5 Å². The fourth-order valence-electron chi connectivity index (χ4n) is 1.56. The number of alkyl halides is 2. The summed E-state index contributed by atoms with van der Waals surface area (Å²) in [7, 11) is 2.79. The second kappa shape index (κ2) is 7.23. The van der Waals surface area contributed by atoms with Crippen LogP contribution in [0.1, 0.15) is 18.0 Å². The number of phenolic OH excluding ortho intramolecular Hbond substituents is 1. The molecule has 1 aromatic rings. The van der Waals surface area contributed by atoms with E-state index in [1.54, 1.807) is 0 Å². The van der Waals surface area contributed by atoms with Crippen molar-refractivity contribution in [3.8, 4) is 17.2 Å². The van der Waals surface area contributed by atoms with Gasteiger partial charge in [-0.2, -0.15) is 0 Å². The van der Waals surface area contributed by atoms with Crippen LogP contribution in [0.4, 0.5) is 8.78 Å². The molecular weight excluding hydrogens is 268 g/mol. The summed E-state index contributed by atoms with van der Waals surface area (Å²) in [6.45, 7) is 0. The number of halogens is 3. The maximum Gasteiger partial charge on any atom is 0.240 e. The lowest BCUT2D eigenvalue weighted by atomic mass is 10.0. The lowest BCUT2D eigenvalue weighted by Gasteiger charge is -2.17. The average molecular weight is 284 g/mol. The van der Waals surface area contributed by atoms with Crippen molar-refractivity contribution in [3.05, 3.63) is 17.7 Å². The Labute approximate surface area is 110 Å². The molecular formula is C11H16ClF2NO3. The summed E-state index contributed by atoms with van der Waals surface area (Å²) >= 11 is 0. The Morgan fingerprint density at radius 3 is 2.33 bits per heavy atom. The highest BCUT2D eigenvalue weighted by molar-refractivity contribution is 5.85. The normalized spacial score (nSPS) is 11.9. The molecule has 1 rings (SSSR count). The summed E-state index contributed by atoms with van der Waals surface area (Å²) in [6.07, 6.45) is -3.09. The third-order valence-corrected chi connectivity index (χ3v) is 2.35. The van der Waals surface area contributed by atoms with Crippen molar-refractivity contribution in [3.63, 3.8) is 0 Å². The Bertz CT molecular complexity index is 391. The molecule has 104 valence electrons. The Kier molecular flexibility index (Phi) is 6.72. The number of hydrogen-bond donors (Lipinski definition) is 2. The molecule has 0 saturated heterocycles. The smallest absolute Gasteiger partial charge is 0.240 e. The topological polar surface area (TPSA) is 64.7 Å². The molecule has 0 spiro atoms. The minimum atomic E-state index is -2.55. The number of benzene rings is 1. The van der Waals surface area contributed by atoms with Crippen LogP contribution >= 0.6 is 12.4 Å². The predicted octanol–water partition coefficient (Wildman–Crippen LogP) is 2.49. The van der Waals surface area contributed by atoms with E-state index in [9.17, 15) is 13.9 Å². The molecule has 0 heterocycles. The summed E-state index contributed by atoms with van der Waals surface area (Å²) in [4.78, 5) is 0. The summed E-state index contributed by atoms with van der Waals surface area (Å²) in [6, 6.07) is 1.81. The quantitative estimate of drug-likeness (QED) is 0.871. The average Bonchev–Trinajstić information content (AvgIpc) is 2.26. The van der Waals surface area contributed by atoms with Gasteiger partial charge < -0.3 is 20.3 Å². The first-order chi connectivity index (χ1) is 7.99. The van der Waals surface area contributed by atoms with Crippen LogP contribution in [0.5, 0.6) is 17.2 Å². The SMILES string of the molecule is COc1cc(O)c([C@H](N)CC(F)F)c(OC)c1.Cl. The van der Waals surface area contributed by atoms with E-state index in [1.807, 2.05) is 0 Å². The van der Waals surface area contributed by atoms with Crippen LogP contribution < -0.4 is 15.2 Å². The second-order valence-corrected chi connectivity index (χ2v) is 3.50. The number of phenols is 1. The Morgan fingerprint density at radius 1 is 1.28 bits per heavy atom. The molecule has 18 heavy (non-hydrogen) atoms. The largest absolute Gasteiger partial charge is 0.507 e. The molecule has 0 bridgehead atoms. The second-order valence-electron chi connectivity index (χ2n) is 3.50. The fraction of sp³-hybridized carbons (Fsp3) is 0.455. The van der Waals surface area contributed by atoms with Gasteiger partial charge in [0.2, 0.25) is 6.43 Å². The lowest BCUT2D eigenvalue weighted by Crippen LogP contribution is -2.15. The van der Waals surface area contributed by atoms with E-state index in [2.05, 4.69) is 0 Å². The maximum atomic E-state index is 12.3. The molecule has 3 N–H and O–H groups in total. The molecule has 1 aromatic carbocycles. The molecule has 4 nitrogen and oxygen atoms in total. The summed E-state index contributed by atoms with van der Waals surface area (Å²) in [5, 5.41) is 9.73. The van der Waals surface area contributed by atoms with Gasteiger partial charge in [0.15, 0.2) is 0 Å². The molecule has 0 aromatic heterocycles. The van der Waals surface area contributed by atoms with Crippen LogP contribution in [0.25, 0.3) is 0 Å². The minimum absolute atomic E-state index is 0. The number of aromatic hydroxyl groups is 1. The molecule has 7 heteroatoms. The molecule has 1 atom stereocenters. The number of nitrogens with two attached hydrogens (primary N) is 1. The van der Waals surface area contributed by atoms with E-state index >= 15 is 0 Å². The van der Waals surface area contributed by atoms with Gasteiger partial charge >= 0.3 is 0 Å². The van der Waals surface area contributed by atoms with E-state index in [4.69, 9.17) is 15.2 Å². The van der Waals surface area contributed by atoms with Crippen molar-refractivity contribution in [1.82, 2.24) is 0 Å². The third-order valence-electron chi connectivity index (χ3n) is 2.35. The van der Waals surface area contributed by atoms with Crippen LogP contribution in [0.2, 0.25) is 0 Å². The van der Waals surface area contributed by atoms with E-state index in [1.165, 1.54) is 26.4 Å². The van der Waals surface area contributed by atoms with Gasteiger partial charge in [0, 0.05) is 24.6 Å². The van der Waals surface area contributed by atoms with E-state index < -0.39 is 18.9 Å². The highest BCUT2D eigenvalue weighted by Crippen LogP contribution is 2.38. The molecule has 0 aliphatic rings.